The molecule has 0 saturated carbocycles. The highest BCUT2D eigenvalue weighted by molar-refractivity contribution is 5.79. The van der Waals surface area contributed by atoms with Crippen LogP contribution in [0.25, 0.3) is 6.08 Å². The van der Waals surface area contributed by atoms with E-state index in [-0.39, 0.29) is 26.1 Å². The lowest BCUT2D eigenvalue weighted by Gasteiger charge is -2.36. The summed E-state index contributed by atoms with van der Waals surface area (Å²) in [6.07, 6.45) is 11.2. The molecular formula is C34H49NO7. The zero-order chi connectivity index (χ0) is 31.8. The first kappa shape index (κ1) is 36.5. The first-order valence-corrected chi connectivity index (χ1v) is 14.6. The van der Waals surface area contributed by atoms with Gasteiger partial charge in [-0.25, -0.2) is 0 Å². The molecule has 0 amide bonds. The van der Waals surface area contributed by atoms with E-state index >= 15 is 0 Å². The molecule has 0 aliphatic heterocycles. The molecule has 42 heavy (non-hydrogen) atoms. The molecule has 8 nitrogen and oxygen atoms in total. The van der Waals surface area contributed by atoms with E-state index in [4.69, 9.17) is 14.2 Å². The van der Waals surface area contributed by atoms with Gasteiger partial charge in [-0.15, -0.1) is 6.58 Å². The average Bonchev–Trinajstić information content (AvgIpc) is 2.97. The number of rotatable bonds is 20. The maximum Gasteiger partial charge on any atom is 0.311 e. The third-order valence-electron chi connectivity index (χ3n) is 7.61. The molecule has 1 rings (SSSR count). The van der Waals surface area contributed by atoms with Crippen molar-refractivity contribution in [1.29, 1.82) is 5.26 Å². The Morgan fingerprint density at radius 1 is 1.17 bits per heavy atom. The smallest absolute Gasteiger partial charge is 0.311 e. The monoisotopic (exact) mass is 583 g/mol. The molecule has 232 valence electrons. The van der Waals surface area contributed by atoms with Crippen molar-refractivity contribution in [2.75, 3.05) is 20.3 Å². The van der Waals surface area contributed by atoms with Crippen molar-refractivity contribution in [3.05, 3.63) is 54.6 Å². The third kappa shape index (κ3) is 11.7. The Bertz CT molecular complexity index is 1120. The molecule has 0 aliphatic rings. The maximum atomic E-state index is 13.2. The molecule has 2 N–H and O–H groups in total. The number of aliphatic carboxylic acids is 1. The lowest BCUT2D eigenvalue weighted by atomic mass is 9.67. The van der Waals surface area contributed by atoms with Crippen LogP contribution in [0.2, 0.25) is 0 Å². The van der Waals surface area contributed by atoms with E-state index in [1.165, 1.54) is 7.11 Å². The SMILES string of the molecule is C=CC(C)CCC=CCC(C#N)CC(C)(CC(C)(CC)C(=O)OCC(O)COc1ccc(C=CC)cc1OC)C(=O)O. The summed E-state index contributed by atoms with van der Waals surface area (Å²) >= 11 is 0. The van der Waals surface area contributed by atoms with Crippen molar-refractivity contribution in [3.63, 3.8) is 0 Å². The lowest BCUT2D eigenvalue weighted by Crippen LogP contribution is -2.41. The van der Waals surface area contributed by atoms with Gasteiger partial charge in [-0.05, 0) is 82.9 Å². The molecule has 0 fully saturated rings. The summed E-state index contributed by atoms with van der Waals surface area (Å²) in [5, 5.41) is 30.3. The number of aliphatic hydroxyl groups is 1. The van der Waals surface area contributed by atoms with Crippen molar-refractivity contribution >= 4 is 18.0 Å². The minimum absolute atomic E-state index is 0.00818. The quantitative estimate of drug-likeness (QED) is 0.124. The number of carboxylic acid groups (broad SMARTS) is 1. The summed E-state index contributed by atoms with van der Waals surface area (Å²) in [5.74, 6) is -0.827. The normalized spacial score (nSPS) is 16.5. The minimum Gasteiger partial charge on any atom is -0.493 e. The number of benzene rings is 1. The van der Waals surface area contributed by atoms with Gasteiger partial charge in [0.2, 0.25) is 0 Å². The molecular weight excluding hydrogens is 534 g/mol. The van der Waals surface area contributed by atoms with Crippen molar-refractivity contribution < 1.29 is 34.0 Å². The second-order valence-corrected chi connectivity index (χ2v) is 11.5. The summed E-state index contributed by atoms with van der Waals surface area (Å²) in [6, 6.07) is 7.64. The molecule has 8 heteroatoms. The number of aliphatic hydroxyl groups excluding tert-OH is 1. The number of esters is 1. The number of carbonyl (C=O) groups excluding carboxylic acids is 1. The van der Waals surface area contributed by atoms with Gasteiger partial charge in [-0.3, -0.25) is 9.59 Å². The molecule has 0 spiro atoms. The van der Waals surface area contributed by atoms with Crippen LogP contribution in [0.3, 0.4) is 0 Å². The second-order valence-electron chi connectivity index (χ2n) is 11.5. The molecule has 5 atom stereocenters. The molecule has 5 unspecified atom stereocenters. The molecule has 0 radical (unpaired) electrons. The molecule has 0 bridgehead atoms. The Hall–Kier alpha value is -3.57. The second kappa shape index (κ2) is 18.1. The fraction of sp³-hybridized carbons (Fsp3) is 0.559. The molecule has 1 aromatic rings. The number of ether oxygens (including phenoxy) is 3. The van der Waals surface area contributed by atoms with Crippen LogP contribution in [0.4, 0.5) is 0 Å². The molecule has 0 aromatic heterocycles. The van der Waals surface area contributed by atoms with Crippen LogP contribution in [0, 0.1) is 34.0 Å². The highest BCUT2D eigenvalue weighted by Gasteiger charge is 2.46. The van der Waals surface area contributed by atoms with Gasteiger partial charge in [0.1, 0.15) is 19.3 Å². The first-order chi connectivity index (χ1) is 19.9. The van der Waals surface area contributed by atoms with Gasteiger partial charge in [0.05, 0.1) is 29.9 Å². The fourth-order valence-electron chi connectivity index (χ4n) is 4.70. The largest absolute Gasteiger partial charge is 0.493 e. The Morgan fingerprint density at radius 3 is 2.45 bits per heavy atom. The lowest BCUT2D eigenvalue weighted by molar-refractivity contribution is -0.164. The fourth-order valence-corrected chi connectivity index (χ4v) is 4.70. The average molecular weight is 584 g/mol. The topological polar surface area (TPSA) is 126 Å². The van der Waals surface area contributed by atoms with E-state index in [2.05, 4.69) is 19.6 Å². The number of allylic oxidation sites excluding steroid dienone is 4. The summed E-state index contributed by atoms with van der Waals surface area (Å²) < 4.78 is 16.5. The maximum absolute atomic E-state index is 13.2. The van der Waals surface area contributed by atoms with Crippen molar-refractivity contribution in [1.82, 2.24) is 0 Å². The van der Waals surface area contributed by atoms with Crippen molar-refractivity contribution in [3.8, 4) is 17.6 Å². The van der Waals surface area contributed by atoms with Crippen LogP contribution in [-0.4, -0.2) is 48.6 Å². The van der Waals surface area contributed by atoms with Crippen molar-refractivity contribution in [2.24, 2.45) is 22.7 Å². The van der Waals surface area contributed by atoms with Crippen LogP contribution in [0.5, 0.6) is 11.5 Å². The van der Waals surface area contributed by atoms with Crippen LogP contribution >= 0.6 is 0 Å². The first-order valence-electron chi connectivity index (χ1n) is 14.6. The van der Waals surface area contributed by atoms with Crippen LogP contribution in [0.1, 0.15) is 78.7 Å². The van der Waals surface area contributed by atoms with Crippen LogP contribution in [0.15, 0.2) is 49.1 Å². The predicted molar refractivity (Wildman–Crippen MR) is 165 cm³/mol. The summed E-state index contributed by atoms with van der Waals surface area (Å²) in [7, 11) is 1.53. The number of hydrogen-bond acceptors (Lipinski definition) is 7. The number of nitrogens with zero attached hydrogens (tertiary/aromatic N) is 1. The Kier molecular flexibility index (Phi) is 15.7. The zero-order valence-corrected chi connectivity index (χ0v) is 26.1. The number of methoxy groups -OCH3 is 1. The van der Waals surface area contributed by atoms with Gasteiger partial charge in [0, 0.05) is 0 Å². The Balaban J connectivity index is 2.80. The molecule has 1 aromatic carbocycles. The minimum atomic E-state index is -1.33. The van der Waals surface area contributed by atoms with E-state index in [1.54, 1.807) is 26.8 Å². The van der Waals surface area contributed by atoms with Gasteiger partial charge in [0.15, 0.2) is 11.5 Å². The standard InChI is InChI=1S/C34H49NO7/c1-8-14-26-17-18-29(30(19-26)40-7)41-22-28(36)23-42-32(39)33(5,10-3)24-34(6,31(37)38)20-27(21-35)16-13-11-12-15-25(4)9-2/h8-9,11,13-14,17-19,25,27-28,36H,2,10,12,15-16,20,22-24H2,1,3-7H3,(H,37,38). The summed E-state index contributed by atoms with van der Waals surface area (Å²) in [4.78, 5) is 25.6. The highest BCUT2D eigenvalue weighted by atomic mass is 16.6. The highest BCUT2D eigenvalue weighted by Crippen LogP contribution is 2.42. The van der Waals surface area contributed by atoms with E-state index in [9.17, 15) is 25.1 Å². The summed E-state index contributed by atoms with van der Waals surface area (Å²) in [5.41, 5.74) is -1.52. The Morgan fingerprint density at radius 2 is 1.88 bits per heavy atom. The third-order valence-corrected chi connectivity index (χ3v) is 7.61. The molecule has 0 saturated heterocycles. The zero-order valence-electron chi connectivity index (χ0n) is 26.1. The number of nitriles is 1. The van der Waals surface area contributed by atoms with Gasteiger partial charge < -0.3 is 24.4 Å². The van der Waals surface area contributed by atoms with Gasteiger partial charge in [-0.1, -0.05) is 50.3 Å². The van der Waals surface area contributed by atoms with E-state index in [0.717, 1.165) is 18.4 Å². The van der Waals surface area contributed by atoms with E-state index in [1.807, 2.05) is 49.4 Å². The Labute approximate surface area is 251 Å². The molecule has 0 heterocycles. The van der Waals surface area contributed by atoms with E-state index in [0.29, 0.717) is 30.3 Å². The van der Waals surface area contributed by atoms with Gasteiger partial charge in [0.25, 0.3) is 0 Å². The molecule has 0 aliphatic carbocycles. The van der Waals surface area contributed by atoms with Crippen LogP contribution < -0.4 is 9.47 Å². The number of hydrogen-bond donors (Lipinski definition) is 2. The van der Waals surface area contributed by atoms with Gasteiger partial charge >= 0.3 is 11.9 Å². The van der Waals surface area contributed by atoms with E-state index < -0.39 is 34.8 Å². The van der Waals surface area contributed by atoms with Crippen molar-refractivity contribution in [2.45, 2.75) is 79.2 Å². The number of carboxylic acids is 1. The van der Waals surface area contributed by atoms with Gasteiger partial charge in [-0.2, -0.15) is 5.26 Å². The summed E-state index contributed by atoms with van der Waals surface area (Å²) in [6.45, 7) is 12.4. The number of carbonyl (C=O) groups is 2. The predicted octanol–water partition coefficient (Wildman–Crippen LogP) is 6.99. The van der Waals surface area contributed by atoms with Crippen LogP contribution in [-0.2, 0) is 14.3 Å².